The zero-order valence-corrected chi connectivity index (χ0v) is 12.0. The molecule has 0 spiro atoms. The molecule has 102 valence electrons. The minimum Gasteiger partial charge on any atom is -0.497 e. The Morgan fingerprint density at radius 3 is 2.33 bits per heavy atom. The van der Waals surface area contributed by atoms with Crippen molar-refractivity contribution in [1.82, 2.24) is 5.32 Å². The third kappa shape index (κ3) is 5.54. The molecule has 0 heterocycles. The van der Waals surface area contributed by atoms with Crippen molar-refractivity contribution in [1.29, 1.82) is 0 Å². The Bertz CT molecular complexity index is 307. The van der Waals surface area contributed by atoms with E-state index in [-0.39, 0.29) is 0 Å². The first kappa shape index (κ1) is 15.0. The van der Waals surface area contributed by atoms with Crippen LogP contribution in [-0.2, 0) is 0 Å². The summed E-state index contributed by atoms with van der Waals surface area (Å²) >= 11 is 0. The molecule has 0 aliphatic carbocycles. The van der Waals surface area contributed by atoms with Crippen LogP contribution in [0.15, 0.2) is 24.3 Å². The third-order valence-electron chi connectivity index (χ3n) is 3.35. The van der Waals surface area contributed by atoms with Gasteiger partial charge in [-0.05, 0) is 37.6 Å². The molecule has 2 heteroatoms. The minimum absolute atomic E-state index is 0.419. The number of nitrogens with one attached hydrogen (secondary N) is 1. The van der Waals surface area contributed by atoms with Crippen molar-refractivity contribution in [2.75, 3.05) is 13.7 Å². The summed E-state index contributed by atoms with van der Waals surface area (Å²) in [6.07, 6.45) is 6.68. The lowest BCUT2D eigenvalue weighted by Gasteiger charge is -2.14. The van der Waals surface area contributed by atoms with Crippen molar-refractivity contribution in [2.45, 2.75) is 52.0 Å². The molecule has 0 radical (unpaired) electrons. The number of methoxy groups -OCH3 is 1. The van der Waals surface area contributed by atoms with E-state index in [1.807, 2.05) is 12.1 Å². The molecule has 1 rings (SSSR count). The maximum absolute atomic E-state index is 5.16. The SMILES string of the molecule is CCCCCCCN[C@H](C)c1ccc(OC)cc1. The van der Waals surface area contributed by atoms with Gasteiger partial charge in [0.15, 0.2) is 0 Å². The molecule has 0 unspecified atom stereocenters. The van der Waals surface area contributed by atoms with Crippen LogP contribution in [0.25, 0.3) is 0 Å². The second-order valence-corrected chi connectivity index (χ2v) is 4.86. The number of ether oxygens (including phenoxy) is 1. The van der Waals surface area contributed by atoms with E-state index in [9.17, 15) is 0 Å². The van der Waals surface area contributed by atoms with Crippen LogP contribution in [0.3, 0.4) is 0 Å². The Labute approximate surface area is 112 Å². The predicted octanol–water partition coefficient (Wildman–Crippen LogP) is 4.32. The molecule has 0 aliphatic heterocycles. The van der Waals surface area contributed by atoms with E-state index < -0.39 is 0 Å². The molecule has 1 aromatic carbocycles. The monoisotopic (exact) mass is 249 g/mol. The highest BCUT2D eigenvalue weighted by Gasteiger charge is 2.03. The van der Waals surface area contributed by atoms with Gasteiger partial charge in [0.05, 0.1) is 7.11 Å². The molecule has 0 fully saturated rings. The van der Waals surface area contributed by atoms with Gasteiger partial charge < -0.3 is 10.1 Å². The first-order chi connectivity index (χ1) is 8.77. The summed E-state index contributed by atoms with van der Waals surface area (Å²) in [5.74, 6) is 0.922. The molecule has 0 aromatic heterocycles. The fourth-order valence-corrected chi connectivity index (χ4v) is 2.06. The van der Waals surface area contributed by atoms with Gasteiger partial charge in [0.25, 0.3) is 0 Å². The van der Waals surface area contributed by atoms with Gasteiger partial charge in [-0.1, -0.05) is 44.7 Å². The second-order valence-electron chi connectivity index (χ2n) is 4.86. The Morgan fingerprint density at radius 1 is 1.06 bits per heavy atom. The lowest BCUT2D eigenvalue weighted by Crippen LogP contribution is -2.19. The first-order valence-corrected chi connectivity index (χ1v) is 7.15. The summed E-state index contributed by atoms with van der Waals surface area (Å²) in [5.41, 5.74) is 1.32. The average Bonchev–Trinajstić information content (AvgIpc) is 2.42. The fraction of sp³-hybridized carbons (Fsp3) is 0.625. The van der Waals surface area contributed by atoms with Crippen LogP contribution in [0.5, 0.6) is 5.75 Å². The number of benzene rings is 1. The number of hydrogen-bond donors (Lipinski definition) is 1. The van der Waals surface area contributed by atoms with E-state index in [0.29, 0.717) is 6.04 Å². The molecule has 0 aliphatic rings. The smallest absolute Gasteiger partial charge is 0.118 e. The van der Waals surface area contributed by atoms with Gasteiger partial charge in [0.1, 0.15) is 5.75 Å². The largest absolute Gasteiger partial charge is 0.497 e. The molecule has 1 N–H and O–H groups in total. The lowest BCUT2D eigenvalue weighted by molar-refractivity contribution is 0.414. The van der Waals surface area contributed by atoms with Crippen molar-refractivity contribution in [3.05, 3.63) is 29.8 Å². The Hall–Kier alpha value is -1.02. The molecule has 0 saturated carbocycles. The highest BCUT2D eigenvalue weighted by atomic mass is 16.5. The molecule has 2 nitrogen and oxygen atoms in total. The van der Waals surface area contributed by atoms with Crippen LogP contribution in [0.2, 0.25) is 0 Å². The summed E-state index contributed by atoms with van der Waals surface area (Å²) in [6, 6.07) is 8.73. The summed E-state index contributed by atoms with van der Waals surface area (Å²) in [4.78, 5) is 0. The summed E-state index contributed by atoms with van der Waals surface area (Å²) in [6.45, 7) is 5.58. The van der Waals surface area contributed by atoms with E-state index >= 15 is 0 Å². The molecule has 0 bridgehead atoms. The number of unbranched alkanes of at least 4 members (excludes halogenated alkanes) is 4. The fourth-order valence-electron chi connectivity index (χ4n) is 2.06. The molecule has 1 atom stereocenters. The molecular formula is C16H27NO. The molecule has 0 saturated heterocycles. The second kappa shape index (κ2) is 8.98. The van der Waals surface area contributed by atoms with Gasteiger partial charge in [0.2, 0.25) is 0 Å². The summed E-state index contributed by atoms with van der Waals surface area (Å²) in [5, 5.41) is 3.57. The summed E-state index contributed by atoms with van der Waals surface area (Å²) < 4.78 is 5.16. The molecular weight excluding hydrogens is 222 g/mol. The van der Waals surface area contributed by atoms with Crippen LogP contribution in [0.1, 0.15) is 57.6 Å². The molecule has 1 aromatic rings. The third-order valence-corrected chi connectivity index (χ3v) is 3.35. The molecule has 0 amide bonds. The van der Waals surface area contributed by atoms with Crippen LogP contribution < -0.4 is 10.1 Å². The quantitative estimate of drug-likeness (QED) is 0.658. The lowest BCUT2D eigenvalue weighted by atomic mass is 10.1. The van der Waals surface area contributed by atoms with Crippen LogP contribution in [0, 0.1) is 0 Å². The predicted molar refractivity (Wildman–Crippen MR) is 78.2 cm³/mol. The van der Waals surface area contributed by atoms with E-state index in [4.69, 9.17) is 4.74 Å². The number of rotatable bonds is 9. The Kier molecular flexibility index (Phi) is 7.51. The highest BCUT2D eigenvalue weighted by Crippen LogP contribution is 2.17. The van der Waals surface area contributed by atoms with Gasteiger partial charge in [-0.3, -0.25) is 0 Å². The van der Waals surface area contributed by atoms with Gasteiger partial charge >= 0.3 is 0 Å². The maximum Gasteiger partial charge on any atom is 0.118 e. The van der Waals surface area contributed by atoms with E-state index in [0.717, 1.165) is 12.3 Å². The van der Waals surface area contributed by atoms with Crippen molar-refractivity contribution in [3.63, 3.8) is 0 Å². The standard InChI is InChI=1S/C16H27NO/c1-4-5-6-7-8-13-17-14(2)15-9-11-16(18-3)12-10-15/h9-12,14,17H,4-8,13H2,1-3H3/t14-/m1/s1. The van der Waals surface area contributed by atoms with Crippen molar-refractivity contribution in [2.24, 2.45) is 0 Å². The first-order valence-electron chi connectivity index (χ1n) is 7.15. The van der Waals surface area contributed by atoms with Crippen LogP contribution >= 0.6 is 0 Å². The van der Waals surface area contributed by atoms with Gasteiger partial charge in [-0.25, -0.2) is 0 Å². The van der Waals surface area contributed by atoms with E-state index in [1.54, 1.807) is 7.11 Å². The minimum atomic E-state index is 0.419. The van der Waals surface area contributed by atoms with Crippen molar-refractivity contribution in [3.8, 4) is 5.75 Å². The van der Waals surface area contributed by atoms with Crippen LogP contribution in [0.4, 0.5) is 0 Å². The summed E-state index contributed by atoms with van der Waals surface area (Å²) in [7, 11) is 1.70. The zero-order valence-electron chi connectivity index (χ0n) is 12.0. The average molecular weight is 249 g/mol. The molecule has 18 heavy (non-hydrogen) atoms. The van der Waals surface area contributed by atoms with Crippen molar-refractivity contribution >= 4 is 0 Å². The topological polar surface area (TPSA) is 21.3 Å². The normalized spacial score (nSPS) is 12.4. The van der Waals surface area contributed by atoms with Gasteiger partial charge in [-0.15, -0.1) is 0 Å². The van der Waals surface area contributed by atoms with Crippen LogP contribution in [-0.4, -0.2) is 13.7 Å². The highest BCUT2D eigenvalue weighted by molar-refractivity contribution is 5.28. The van der Waals surface area contributed by atoms with Gasteiger partial charge in [0, 0.05) is 6.04 Å². The number of hydrogen-bond acceptors (Lipinski definition) is 2. The van der Waals surface area contributed by atoms with Gasteiger partial charge in [-0.2, -0.15) is 0 Å². The zero-order chi connectivity index (χ0) is 13.2. The van der Waals surface area contributed by atoms with E-state index in [2.05, 4.69) is 31.3 Å². The van der Waals surface area contributed by atoms with E-state index in [1.165, 1.54) is 37.7 Å². The van der Waals surface area contributed by atoms with Crippen molar-refractivity contribution < 1.29 is 4.74 Å². The Morgan fingerprint density at radius 2 is 1.72 bits per heavy atom. The Balaban J connectivity index is 2.21. The maximum atomic E-state index is 5.16.